The van der Waals surface area contributed by atoms with Gasteiger partial charge in [0.15, 0.2) is 5.13 Å². The summed E-state index contributed by atoms with van der Waals surface area (Å²) in [5, 5.41) is 20.1. The number of hydrogen-bond acceptors (Lipinski definition) is 13. The second-order valence-electron chi connectivity index (χ2n) is 14.2. The Morgan fingerprint density at radius 1 is 0.922 bits per heavy atom. The average molecular weight is 731 g/mol. The van der Waals surface area contributed by atoms with Crippen molar-refractivity contribution >= 4 is 46.3 Å². The first kappa shape index (κ1) is 40.2. The molecular formula is C34H46N6O10S. The van der Waals surface area contributed by atoms with E-state index in [0.717, 1.165) is 22.6 Å². The Morgan fingerprint density at radius 3 is 2.16 bits per heavy atom. The van der Waals surface area contributed by atoms with Gasteiger partial charge in [0.1, 0.15) is 34.9 Å². The van der Waals surface area contributed by atoms with Crippen molar-refractivity contribution in [2.75, 3.05) is 18.5 Å². The lowest BCUT2D eigenvalue weighted by Crippen LogP contribution is -2.37. The van der Waals surface area contributed by atoms with Crippen LogP contribution >= 0.6 is 11.3 Å². The van der Waals surface area contributed by atoms with Crippen LogP contribution in [0.1, 0.15) is 74.4 Å². The fourth-order valence-electron chi connectivity index (χ4n) is 3.94. The standard InChI is InChI=1S/C34H46N6O10S/c1-32(2,3)47-28(43)25(50-39-26(27(41)42)24-19-51-29(37-24)38-31(45)49-34(7,8)9)18-46-22-13-11-21(12-14-22)23-17-40(20-36-23)16-10-15-35-30(44)48-33(4,5)6/h11-14,17,19-20,25H,10,15-16,18H2,1-9H3,(H,35,44)(H,41,42)(H,37,38,45)/b39-26-. The number of oxime groups is 1. The summed E-state index contributed by atoms with van der Waals surface area (Å²) in [5.74, 6) is -1.92. The lowest BCUT2D eigenvalue weighted by atomic mass is 10.1. The Labute approximate surface area is 300 Å². The molecule has 2 amide bonds. The second kappa shape index (κ2) is 17.2. The van der Waals surface area contributed by atoms with Crippen LogP contribution in [-0.2, 0) is 35.2 Å². The summed E-state index contributed by atoms with van der Waals surface area (Å²) < 4.78 is 23.6. The van der Waals surface area contributed by atoms with Crippen molar-refractivity contribution in [2.24, 2.45) is 5.16 Å². The number of amides is 2. The van der Waals surface area contributed by atoms with Gasteiger partial charge in [0.05, 0.1) is 12.0 Å². The smallest absolute Gasteiger partial charge is 0.413 e. The van der Waals surface area contributed by atoms with Gasteiger partial charge in [-0.05, 0) is 93.0 Å². The molecule has 1 atom stereocenters. The molecule has 3 rings (SSSR count). The Kier molecular flexibility index (Phi) is 13.5. The highest BCUT2D eigenvalue weighted by Crippen LogP contribution is 2.22. The van der Waals surface area contributed by atoms with E-state index < -0.39 is 52.7 Å². The lowest BCUT2D eigenvalue weighted by Gasteiger charge is -2.23. The van der Waals surface area contributed by atoms with Crippen LogP contribution in [0.5, 0.6) is 5.75 Å². The molecule has 0 bridgehead atoms. The van der Waals surface area contributed by atoms with Crippen LogP contribution in [0.25, 0.3) is 11.3 Å². The van der Waals surface area contributed by atoms with E-state index in [1.807, 2.05) is 10.8 Å². The summed E-state index contributed by atoms with van der Waals surface area (Å²) in [4.78, 5) is 62.9. The van der Waals surface area contributed by atoms with E-state index >= 15 is 0 Å². The maximum Gasteiger partial charge on any atom is 0.413 e. The topological polar surface area (TPSA) is 202 Å². The first-order valence-corrected chi connectivity index (χ1v) is 16.9. The Hall–Kier alpha value is -5.19. The summed E-state index contributed by atoms with van der Waals surface area (Å²) in [7, 11) is 0. The summed E-state index contributed by atoms with van der Waals surface area (Å²) in [6.07, 6.45) is 1.59. The third-order valence-corrected chi connectivity index (χ3v) is 6.70. The first-order valence-electron chi connectivity index (χ1n) is 16.1. The molecule has 51 heavy (non-hydrogen) atoms. The number of aromatic nitrogens is 3. The normalized spacial score (nSPS) is 12.8. The molecule has 0 fully saturated rings. The molecule has 17 heteroatoms. The molecule has 2 aromatic heterocycles. The molecule has 1 aromatic carbocycles. The van der Waals surface area contributed by atoms with Crippen LogP contribution in [0, 0.1) is 0 Å². The van der Waals surface area contributed by atoms with Crippen molar-refractivity contribution in [3.8, 4) is 17.0 Å². The quantitative estimate of drug-likeness (QED) is 0.0587. The number of carboxylic acids is 1. The van der Waals surface area contributed by atoms with Crippen LogP contribution in [0.4, 0.5) is 14.7 Å². The summed E-state index contributed by atoms with van der Waals surface area (Å²) in [5.41, 5.74) is -1.38. The number of anilines is 1. The van der Waals surface area contributed by atoms with Crippen LogP contribution in [0.2, 0.25) is 0 Å². The number of imidazole rings is 1. The number of carboxylic acid groups (broad SMARTS) is 1. The SMILES string of the molecule is CC(C)(C)OC(=O)NCCCn1cnc(-c2ccc(OCC(O/N=C(\C(=O)O)c3csc(NC(=O)OC(C)(C)C)n3)C(=O)OC(C)(C)C)cc2)c1. The Balaban J connectivity index is 1.64. The minimum atomic E-state index is -1.48. The number of ether oxygens (including phenoxy) is 4. The van der Waals surface area contributed by atoms with Gasteiger partial charge in [0.25, 0.3) is 6.10 Å². The van der Waals surface area contributed by atoms with Crippen molar-refractivity contribution < 1.29 is 48.1 Å². The third kappa shape index (κ3) is 14.7. The van der Waals surface area contributed by atoms with E-state index in [0.29, 0.717) is 25.3 Å². The molecule has 3 aromatic rings. The van der Waals surface area contributed by atoms with Crippen molar-refractivity contribution in [1.29, 1.82) is 0 Å². The molecule has 0 spiro atoms. The van der Waals surface area contributed by atoms with Crippen molar-refractivity contribution in [3.05, 3.63) is 47.9 Å². The maximum atomic E-state index is 13.0. The number of rotatable bonds is 14. The molecule has 0 radical (unpaired) electrons. The van der Waals surface area contributed by atoms with E-state index in [-0.39, 0.29) is 17.4 Å². The predicted molar refractivity (Wildman–Crippen MR) is 189 cm³/mol. The van der Waals surface area contributed by atoms with E-state index in [1.165, 1.54) is 5.38 Å². The van der Waals surface area contributed by atoms with Gasteiger partial charge in [-0.1, -0.05) is 5.16 Å². The lowest BCUT2D eigenvalue weighted by molar-refractivity contribution is -0.170. The zero-order valence-electron chi connectivity index (χ0n) is 30.3. The number of aryl methyl sites for hydroxylation is 1. The van der Waals surface area contributed by atoms with Gasteiger partial charge >= 0.3 is 24.1 Å². The number of nitrogens with one attached hydrogen (secondary N) is 2. The molecule has 278 valence electrons. The predicted octanol–water partition coefficient (Wildman–Crippen LogP) is 5.86. The van der Waals surface area contributed by atoms with Crippen LogP contribution in [0.15, 0.2) is 47.3 Å². The highest BCUT2D eigenvalue weighted by atomic mass is 32.1. The molecule has 3 N–H and O–H groups in total. The number of benzene rings is 1. The molecule has 16 nitrogen and oxygen atoms in total. The number of nitrogens with zero attached hydrogens (tertiary/aromatic N) is 4. The number of hydrogen-bond donors (Lipinski definition) is 3. The summed E-state index contributed by atoms with van der Waals surface area (Å²) >= 11 is 0.950. The first-order chi connectivity index (χ1) is 23.7. The molecule has 0 aliphatic heterocycles. The largest absolute Gasteiger partial charge is 0.489 e. The average Bonchev–Trinajstić information content (AvgIpc) is 3.64. The van der Waals surface area contributed by atoms with Gasteiger partial charge in [-0.3, -0.25) is 5.32 Å². The summed E-state index contributed by atoms with van der Waals surface area (Å²) in [6, 6.07) is 6.96. The number of carbonyl (C=O) groups excluding carboxylic acids is 3. The van der Waals surface area contributed by atoms with E-state index in [9.17, 15) is 24.3 Å². The third-order valence-electron chi connectivity index (χ3n) is 5.94. The molecular weight excluding hydrogens is 684 g/mol. The van der Waals surface area contributed by atoms with Gasteiger partial charge in [0, 0.05) is 30.2 Å². The van der Waals surface area contributed by atoms with Crippen LogP contribution in [0.3, 0.4) is 0 Å². The van der Waals surface area contributed by atoms with E-state index in [2.05, 4.69) is 25.8 Å². The fraction of sp³-hybridized carbons (Fsp3) is 0.500. The minimum Gasteiger partial charge on any atom is -0.489 e. The fourth-order valence-corrected chi connectivity index (χ4v) is 4.62. The van der Waals surface area contributed by atoms with E-state index in [4.69, 9.17) is 23.8 Å². The Morgan fingerprint density at radius 2 is 1.55 bits per heavy atom. The molecule has 2 heterocycles. The molecule has 0 aliphatic rings. The highest BCUT2D eigenvalue weighted by molar-refractivity contribution is 7.14. The molecule has 0 aliphatic carbocycles. The monoisotopic (exact) mass is 730 g/mol. The van der Waals surface area contributed by atoms with Crippen molar-refractivity contribution in [2.45, 2.75) is 98.2 Å². The maximum absolute atomic E-state index is 13.0. The van der Waals surface area contributed by atoms with Crippen molar-refractivity contribution in [1.82, 2.24) is 19.9 Å². The minimum absolute atomic E-state index is 0.0723. The molecule has 1 unspecified atom stereocenters. The number of alkyl carbamates (subject to hydrolysis) is 1. The van der Waals surface area contributed by atoms with Crippen LogP contribution in [-0.4, -0.2) is 85.5 Å². The molecule has 0 saturated carbocycles. The van der Waals surface area contributed by atoms with E-state index in [1.54, 1.807) is 92.9 Å². The number of thiazole rings is 1. The number of aliphatic carboxylic acids is 1. The molecule has 0 saturated heterocycles. The number of esters is 1. The van der Waals surface area contributed by atoms with Gasteiger partial charge in [-0.2, -0.15) is 0 Å². The van der Waals surface area contributed by atoms with Gasteiger partial charge in [-0.15, -0.1) is 11.3 Å². The summed E-state index contributed by atoms with van der Waals surface area (Å²) in [6.45, 7) is 16.2. The van der Waals surface area contributed by atoms with Gasteiger partial charge in [-0.25, -0.2) is 29.1 Å². The number of carbonyl (C=O) groups is 4. The zero-order chi connectivity index (χ0) is 38.0. The van der Waals surface area contributed by atoms with Gasteiger partial charge in [0.2, 0.25) is 5.71 Å². The van der Waals surface area contributed by atoms with Gasteiger partial charge < -0.3 is 38.8 Å². The highest BCUT2D eigenvalue weighted by Gasteiger charge is 2.29. The van der Waals surface area contributed by atoms with Crippen molar-refractivity contribution in [3.63, 3.8) is 0 Å². The van der Waals surface area contributed by atoms with Crippen LogP contribution < -0.4 is 15.4 Å². The zero-order valence-corrected chi connectivity index (χ0v) is 31.1. The Bertz CT molecular complexity index is 1680. The second-order valence-corrected chi connectivity index (χ2v) is 15.0.